The van der Waals surface area contributed by atoms with Crippen LogP contribution in [0.25, 0.3) is 0 Å². The van der Waals surface area contributed by atoms with Gasteiger partial charge in [0.25, 0.3) is 5.91 Å². The number of hydrogen-bond acceptors (Lipinski definition) is 3. The maximum absolute atomic E-state index is 12.6. The lowest BCUT2D eigenvalue weighted by Gasteiger charge is -2.12. The van der Waals surface area contributed by atoms with Gasteiger partial charge in [-0.3, -0.25) is 14.4 Å². The van der Waals surface area contributed by atoms with Gasteiger partial charge in [0.1, 0.15) is 0 Å². The molecule has 0 bridgehead atoms. The third-order valence-corrected chi connectivity index (χ3v) is 4.82. The molecule has 3 aromatic carbocycles. The zero-order valence-corrected chi connectivity index (χ0v) is 17.7. The van der Waals surface area contributed by atoms with Gasteiger partial charge in [0.2, 0.25) is 0 Å². The van der Waals surface area contributed by atoms with Gasteiger partial charge in [0.15, 0.2) is 0 Å². The lowest BCUT2D eigenvalue weighted by Crippen LogP contribution is -2.35. The van der Waals surface area contributed by atoms with Gasteiger partial charge in [-0.2, -0.15) is 0 Å². The fourth-order valence-electron chi connectivity index (χ4n) is 2.82. The fraction of sp³-hybridized carbons (Fsp3) is 0.125. The highest BCUT2D eigenvalue weighted by molar-refractivity contribution is 6.40. The van der Waals surface area contributed by atoms with Crippen LogP contribution in [0, 0.1) is 6.92 Å². The van der Waals surface area contributed by atoms with E-state index in [1.807, 2.05) is 31.2 Å². The van der Waals surface area contributed by atoms with E-state index in [2.05, 4.69) is 16.0 Å². The minimum absolute atomic E-state index is 0.183. The molecule has 0 aliphatic carbocycles. The van der Waals surface area contributed by atoms with E-state index >= 15 is 0 Å². The van der Waals surface area contributed by atoms with E-state index < -0.39 is 11.8 Å². The van der Waals surface area contributed by atoms with Crippen LogP contribution in [-0.2, 0) is 22.7 Å². The van der Waals surface area contributed by atoms with Crippen molar-refractivity contribution >= 4 is 35.0 Å². The maximum Gasteiger partial charge on any atom is 0.313 e. The molecule has 0 unspecified atom stereocenters. The van der Waals surface area contributed by atoms with Gasteiger partial charge in [-0.25, -0.2) is 0 Å². The summed E-state index contributed by atoms with van der Waals surface area (Å²) in [6.45, 7) is 2.53. The van der Waals surface area contributed by atoms with Gasteiger partial charge < -0.3 is 16.0 Å². The predicted octanol–water partition coefficient (Wildman–Crippen LogP) is 3.83. The third-order valence-electron chi connectivity index (χ3n) is 4.57. The second kappa shape index (κ2) is 10.4. The molecule has 3 amide bonds. The summed E-state index contributed by atoms with van der Waals surface area (Å²) in [6.07, 6.45) is 0. The average molecular weight is 436 g/mol. The van der Waals surface area contributed by atoms with Gasteiger partial charge in [-0.1, -0.05) is 65.7 Å². The Labute approximate surface area is 185 Å². The molecule has 31 heavy (non-hydrogen) atoms. The van der Waals surface area contributed by atoms with Crippen LogP contribution in [0.3, 0.4) is 0 Å². The Morgan fingerprint density at radius 1 is 0.742 bits per heavy atom. The van der Waals surface area contributed by atoms with E-state index in [0.29, 0.717) is 11.6 Å². The monoisotopic (exact) mass is 435 g/mol. The van der Waals surface area contributed by atoms with Crippen LogP contribution in [0.1, 0.15) is 27.0 Å². The summed E-state index contributed by atoms with van der Waals surface area (Å²) in [5.41, 5.74) is 3.44. The van der Waals surface area contributed by atoms with Crippen molar-refractivity contribution in [1.29, 1.82) is 0 Å². The van der Waals surface area contributed by atoms with Gasteiger partial charge in [-0.05, 0) is 42.3 Å². The molecule has 0 radical (unpaired) electrons. The Hall–Kier alpha value is -3.64. The number of nitrogens with one attached hydrogen (secondary N) is 3. The lowest BCUT2D eigenvalue weighted by molar-refractivity contribution is -0.136. The number of anilines is 1. The predicted molar refractivity (Wildman–Crippen MR) is 121 cm³/mol. The average Bonchev–Trinajstić information content (AvgIpc) is 2.78. The second-order valence-corrected chi connectivity index (χ2v) is 7.41. The van der Waals surface area contributed by atoms with E-state index in [4.69, 9.17) is 11.6 Å². The van der Waals surface area contributed by atoms with Crippen molar-refractivity contribution < 1.29 is 14.4 Å². The molecule has 0 aromatic heterocycles. The van der Waals surface area contributed by atoms with Crippen molar-refractivity contribution in [2.75, 3.05) is 5.32 Å². The van der Waals surface area contributed by atoms with Crippen LogP contribution >= 0.6 is 11.6 Å². The van der Waals surface area contributed by atoms with Crippen molar-refractivity contribution in [3.8, 4) is 0 Å². The first-order valence-corrected chi connectivity index (χ1v) is 10.1. The number of hydrogen-bond donors (Lipinski definition) is 3. The Balaban J connectivity index is 1.58. The number of amides is 3. The van der Waals surface area contributed by atoms with E-state index in [9.17, 15) is 14.4 Å². The highest BCUT2D eigenvalue weighted by Gasteiger charge is 2.17. The molecule has 6 nitrogen and oxygen atoms in total. The highest BCUT2D eigenvalue weighted by atomic mass is 35.5. The summed E-state index contributed by atoms with van der Waals surface area (Å²) < 4.78 is 0. The van der Waals surface area contributed by atoms with Crippen molar-refractivity contribution in [2.45, 2.75) is 20.0 Å². The Morgan fingerprint density at radius 2 is 1.32 bits per heavy atom. The summed E-state index contributed by atoms with van der Waals surface area (Å²) >= 11 is 5.83. The van der Waals surface area contributed by atoms with Crippen molar-refractivity contribution in [3.63, 3.8) is 0 Å². The molecule has 3 aromatic rings. The van der Waals surface area contributed by atoms with E-state index in [1.165, 1.54) is 0 Å². The topological polar surface area (TPSA) is 87.3 Å². The molecule has 0 heterocycles. The standard InChI is InChI=1S/C24H22ClN3O3/c1-16-6-8-17(9-7-16)14-26-22(29)20-4-2-3-5-21(20)28-24(31)23(30)27-15-18-10-12-19(25)13-11-18/h2-13H,14-15H2,1H3,(H,26,29)(H,27,30)(H,28,31). The summed E-state index contributed by atoms with van der Waals surface area (Å²) in [5.74, 6) is -2.00. The summed E-state index contributed by atoms with van der Waals surface area (Å²) in [4.78, 5) is 37.1. The lowest BCUT2D eigenvalue weighted by atomic mass is 10.1. The van der Waals surface area contributed by atoms with Gasteiger partial charge in [0.05, 0.1) is 11.3 Å². The molecule has 0 saturated carbocycles. The number of para-hydroxylation sites is 1. The number of halogens is 1. The van der Waals surface area contributed by atoms with E-state index in [1.54, 1.807) is 48.5 Å². The number of rotatable bonds is 6. The minimum Gasteiger partial charge on any atom is -0.348 e. The Morgan fingerprint density at radius 3 is 2.00 bits per heavy atom. The largest absolute Gasteiger partial charge is 0.348 e. The van der Waals surface area contributed by atoms with E-state index in [0.717, 1.165) is 16.7 Å². The fourth-order valence-corrected chi connectivity index (χ4v) is 2.94. The summed E-state index contributed by atoms with van der Waals surface area (Å²) in [5, 5.41) is 8.47. The molecule has 0 aliphatic heterocycles. The second-order valence-electron chi connectivity index (χ2n) is 6.98. The number of aryl methyl sites for hydroxylation is 1. The van der Waals surface area contributed by atoms with Crippen molar-refractivity contribution in [1.82, 2.24) is 10.6 Å². The molecule has 158 valence electrons. The van der Waals surface area contributed by atoms with Crippen LogP contribution in [0.5, 0.6) is 0 Å². The van der Waals surface area contributed by atoms with E-state index in [-0.39, 0.29) is 23.7 Å². The molecule has 0 atom stereocenters. The van der Waals surface area contributed by atoms with Gasteiger partial charge >= 0.3 is 11.8 Å². The third kappa shape index (κ3) is 6.42. The van der Waals surface area contributed by atoms with Crippen LogP contribution in [0.4, 0.5) is 5.69 Å². The zero-order valence-electron chi connectivity index (χ0n) is 16.9. The molecule has 0 saturated heterocycles. The number of carbonyl (C=O) groups is 3. The first-order chi connectivity index (χ1) is 14.9. The Kier molecular flexibility index (Phi) is 7.40. The highest BCUT2D eigenvalue weighted by Crippen LogP contribution is 2.15. The summed E-state index contributed by atoms with van der Waals surface area (Å²) in [6, 6.07) is 21.3. The smallest absolute Gasteiger partial charge is 0.313 e. The van der Waals surface area contributed by atoms with Gasteiger partial charge in [-0.15, -0.1) is 0 Å². The zero-order chi connectivity index (χ0) is 22.2. The quantitative estimate of drug-likeness (QED) is 0.514. The molecular formula is C24H22ClN3O3. The Bertz CT molecular complexity index is 1080. The summed E-state index contributed by atoms with van der Waals surface area (Å²) in [7, 11) is 0. The molecule has 3 N–H and O–H groups in total. The van der Waals surface area contributed by atoms with Crippen LogP contribution in [0.15, 0.2) is 72.8 Å². The molecule has 0 fully saturated rings. The van der Waals surface area contributed by atoms with Crippen LogP contribution < -0.4 is 16.0 Å². The molecule has 0 aliphatic rings. The minimum atomic E-state index is -0.854. The molecular weight excluding hydrogens is 414 g/mol. The van der Waals surface area contributed by atoms with Crippen molar-refractivity contribution in [2.24, 2.45) is 0 Å². The molecule has 0 spiro atoms. The normalized spacial score (nSPS) is 10.3. The van der Waals surface area contributed by atoms with Crippen molar-refractivity contribution in [3.05, 3.63) is 100 Å². The SMILES string of the molecule is Cc1ccc(CNC(=O)c2ccccc2NC(=O)C(=O)NCc2ccc(Cl)cc2)cc1. The first kappa shape index (κ1) is 22.1. The molecule has 3 rings (SSSR count). The maximum atomic E-state index is 12.6. The number of carbonyl (C=O) groups excluding carboxylic acids is 3. The number of benzene rings is 3. The van der Waals surface area contributed by atoms with Gasteiger partial charge in [0, 0.05) is 18.1 Å². The van der Waals surface area contributed by atoms with Crippen LogP contribution in [0.2, 0.25) is 5.02 Å². The first-order valence-electron chi connectivity index (χ1n) is 9.69. The van der Waals surface area contributed by atoms with Crippen LogP contribution in [-0.4, -0.2) is 17.7 Å². The molecule has 7 heteroatoms.